The van der Waals surface area contributed by atoms with Crippen LogP contribution in [0.4, 0.5) is 24.5 Å². The van der Waals surface area contributed by atoms with Crippen LogP contribution < -0.4 is 16.0 Å². The first-order valence-electron chi connectivity index (χ1n) is 12.8. The molecular weight excluding hydrogens is 527 g/mol. The van der Waals surface area contributed by atoms with E-state index in [1.54, 1.807) is 12.1 Å². The van der Waals surface area contributed by atoms with Gasteiger partial charge in [0, 0.05) is 47.5 Å². The van der Waals surface area contributed by atoms with Gasteiger partial charge in [0.25, 0.3) is 5.91 Å². The van der Waals surface area contributed by atoms with Crippen LogP contribution in [0.25, 0.3) is 17.1 Å². The van der Waals surface area contributed by atoms with Gasteiger partial charge in [0.05, 0.1) is 17.8 Å². The van der Waals surface area contributed by atoms with Crippen molar-refractivity contribution >= 4 is 23.0 Å². The molecule has 0 saturated carbocycles. The lowest BCUT2D eigenvalue weighted by Gasteiger charge is -2.36. The van der Waals surface area contributed by atoms with E-state index in [0.717, 1.165) is 5.69 Å². The van der Waals surface area contributed by atoms with E-state index in [-0.39, 0.29) is 46.7 Å². The van der Waals surface area contributed by atoms with Crippen LogP contribution in [0.3, 0.4) is 0 Å². The fourth-order valence-corrected chi connectivity index (χ4v) is 4.64. The largest absolute Gasteiger partial charge is 0.507 e. The van der Waals surface area contributed by atoms with Gasteiger partial charge in [-0.2, -0.15) is 13.2 Å². The van der Waals surface area contributed by atoms with Gasteiger partial charge >= 0.3 is 6.18 Å². The van der Waals surface area contributed by atoms with Crippen LogP contribution in [0, 0.1) is 11.3 Å². The van der Waals surface area contributed by atoms with Gasteiger partial charge in [-0.05, 0) is 50.1 Å². The Balaban J connectivity index is 1.81. The quantitative estimate of drug-likeness (QED) is 0.252. The molecule has 0 aliphatic carbocycles. The maximum atomic E-state index is 12.8. The van der Waals surface area contributed by atoms with E-state index in [9.17, 15) is 23.1 Å². The summed E-state index contributed by atoms with van der Waals surface area (Å²) in [6.07, 6.45) is -4.56. The predicted molar refractivity (Wildman–Crippen MR) is 145 cm³/mol. The number of hydrogen-bond acceptors (Lipinski definition) is 8. The molecule has 5 N–H and O–H groups in total. The van der Waals surface area contributed by atoms with Gasteiger partial charge in [0.2, 0.25) is 5.82 Å². The number of alkyl halides is 3. The van der Waals surface area contributed by atoms with Crippen molar-refractivity contribution in [1.29, 1.82) is 5.41 Å². The Morgan fingerprint density at radius 3 is 2.33 bits per heavy atom. The summed E-state index contributed by atoms with van der Waals surface area (Å²) >= 11 is 0. The molecule has 0 radical (unpaired) electrons. The van der Waals surface area contributed by atoms with Crippen LogP contribution in [0.2, 0.25) is 0 Å². The third-order valence-electron chi connectivity index (χ3n) is 6.48. The highest BCUT2D eigenvalue weighted by Crippen LogP contribution is 2.35. The summed E-state index contributed by atoms with van der Waals surface area (Å²) in [6, 6.07) is 9.77. The topological polar surface area (TPSA) is 142 Å². The number of nitrogens with two attached hydrogens (primary N) is 1. The summed E-state index contributed by atoms with van der Waals surface area (Å²) < 4.78 is 45.6. The van der Waals surface area contributed by atoms with Crippen molar-refractivity contribution in [3.05, 3.63) is 47.8 Å². The second-order valence-electron chi connectivity index (χ2n) is 10.2. The third kappa shape index (κ3) is 6.19. The standard InChI is InChI=1S/C27H32F3N7O3/c1-14(2)23(32)19-9-20(22(38)10-21(19)31)24-34-35-25(26(39)33-13-27(28,29)30)37(24)18-7-5-17(6-8-18)36-11-15(3)40-16(4)12-36/h5-10,14-16,32,38H,11-13,31H2,1-4H3,(H,33,39). The van der Waals surface area contributed by atoms with Gasteiger partial charge in [-0.1, -0.05) is 13.8 Å². The van der Waals surface area contributed by atoms with E-state index in [4.69, 9.17) is 15.9 Å². The Morgan fingerprint density at radius 2 is 1.75 bits per heavy atom. The number of benzene rings is 2. The minimum absolute atomic E-state index is 0.00571. The number of phenolic OH excluding ortho intramolecular Hbond substituents is 1. The zero-order chi connectivity index (χ0) is 29.4. The Bertz CT molecular complexity index is 1390. The number of ether oxygens (including phenoxy) is 1. The summed E-state index contributed by atoms with van der Waals surface area (Å²) in [6.45, 7) is 7.41. The molecule has 0 spiro atoms. The average Bonchev–Trinajstić information content (AvgIpc) is 3.31. The van der Waals surface area contributed by atoms with E-state index in [2.05, 4.69) is 15.1 Å². The third-order valence-corrected chi connectivity index (χ3v) is 6.48. The number of carbonyl (C=O) groups excluding carboxylic acids is 1. The average molecular weight is 560 g/mol. The maximum Gasteiger partial charge on any atom is 0.405 e. The van der Waals surface area contributed by atoms with Crippen LogP contribution in [0.5, 0.6) is 5.75 Å². The molecule has 1 saturated heterocycles. The molecule has 3 aromatic rings. The molecule has 4 rings (SSSR count). The van der Waals surface area contributed by atoms with Crippen molar-refractivity contribution in [3.63, 3.8) is 0 Å². The number of hydrogen-bond donors (Lipinski definition) is 4. The van der Waals surface area contributed by atoms with Crippen molar-refractivity contribution in [2.75, 3.05) is 30.3 Å². The lowest BCUT2D eigenvalue weighted by Crippen LogP contribution is -2.45. The van der Waals surface area contributed by atoms with Crippen LogP contribution in [0.1, 0.15) is 43.9 Å². The number of amides is 1. The molecule has 1 aliphatic heterocycles. The smallest absolute Gasteiger partial charge is 0.405 e. The Hall–Kier alpha value is -4.13. The van der Waals surface area contributed by atoms with Gasteiger partial charge in [0.15, 0.2) is 5.82 Å². The summed E-state index contributed by atoms with van der Waals surface area (Å²) in [5.74, 6) is -1.98. The minimum Gasteiger partial charge on any atom is -0.507 e. The Kier molecular flexibility index (Phi) is 8.05. The highest BCUT2D eigenvalue weighted by molar-refractivity contribution is 6.05. The molecule has 2 aromatic carbocycles. The Morgan fingerprint density at radius 1 is 1.15 bits per heavy atom. The first kappa shape index (κ1) is 28.9. The number of nitrogen functional groups attached to an aromatic ring is 1. The highest BCUT2D eigenvalue weighted by Gasteiger charge is 2.31. The number of nitrogens with one attached hydrogen (secondary N) is 2. The van der Waals surface area contributed by atoms with Crippen molar-refractivity contribution in [2.24, 2.45) is 5.92 Å². The molecule has 2 heterocycles. The zero-order valence-electron chi connectivity index (χ0n) is 22.6. The summed E-state index contributed by atoms with van der Waals surface area (Å²) in [7, 11) is 0. The molecule has 1 aromatic heterocycles. The second-order valence-corrected chi connectivity index (χ2v) is 10.2. The number of anilines is 2. The number of aromatic nitrogens is 3. The van der Waals surface area contributed by atoms with Gasteiger partial charge in [-0.3, -0.25) is 9.36 Å². The molecule has 13 heteroatoms. The number of halogens is 3. The lowest BCUT2D eigenvalue weighted by molar-refractivity contribution is -0.123. The Labute approximate surface area is 229 Å². The fraction of sp³-hybridized carbons (Fsp3) is 0.407. The minimum atomic E-state index is -4.63. The van der Waals surface area contributed by atoms with E-state index >= 15 is 0 Å². The van der Waals surface area contributed by atoms with Crippen molar-refractivity contribution < 1.29 is 27.8 Å². The maximum absolute atomic E-state index is 12.8. The van der Waals surface area contributed by atoms with E-state index < -0.39 is 24.5 Å². The van der Waals surface area contributed by atoms with Crippen LogP contribution >= 0.6 is 0 Å². The van der Waals surface area contributed by atoms with Gasteiger partial charge in [0.1, 0.15) is 12.3 Å². The molecule has 214 valence electrons. The first-order valence-corrected chi connectivity index (χ1v) is 12.8. The highest BCUT2D eigenvalue weighted by atomic mass is 19.4. The second kappa shape index (κ2) is 11.2. The molecule has 1 fully saturated rings. The predicted octanol–water partition coefficient (Wildman–Crippen LogP) is 4.15. The SMILES string of the molecule is CC1CN(c2ccc(-n3c(C(=O)NCC(F)(F)F)nnc3-c3cc(C(=N)C(C)C)c(N)cc3O)cc2)CC(C)O1. The summed E-state index contributed by atoms with van der Waals surface area (Å²) in [5, 5.41) is 29.0. The summed E-state index contributed by atoms with van der Waals surface area (Å²) in [4.78, 5) is 15.0. The lowest BCUT2D eigenvalue weighted by atomic mass is 9.96. The molecule has 2 unspecified atom stereocenters. The number of aromatic hydroxyl groups is 1. The monoisotopic (exact) mass is 559 g/mol. The van der Waals surface area contributed by atoms with E-state index in [1.165, 1.54) is 16.7 Å². The van der Waals surface area contributed by atoms with Gasteiger partial charge in [-0.25, -0.2) is 0 Å². The van der Waals surface area contributed by atoms with Crippen LogP contribution in [0.15, 0.2) is 36.4 Å². The zero-order valence-corrected chi connectivity index (χ0v) is 22.6. The molecule has 10 nitrogen and oxygen atoms in total. The van der Waals surface area contributed by atoms with Crippen LogP contribution in [-0.4, -0.2) is 69.5 Å². The number of carbonyl (C=O) groups is 1. The molecule has 40 heavy (non-hydrogen) atoms. The van der Waals surface area contributed by atoms with E-state index in [0.29, 0.717) is 24.3 Å². The molecular formula is C27H32F3N7O3. The number of morpholine rings is 1. The number of nitrogens with zero attached hydrogens (tertiary/aromatic N) is 4. The first-order chi connectivity index (χ1) is 18.7. The van der Waals surface area contributed by atoms with Gasteiger partial charge in [-0.15, -0.1) is 10.2 Å². The molecule has 2 atom stereocenters. The number of phenols is 1. The molecule has 0 bridgehead atoms. The van der Waals surface area contributed by atoms with Crippen molar-refractivity contribution in [3.8, 4) is 22.8 Å². The number of rotatable bonds is 7. The fourth-order valence-electron chi connectivity index (χ4n) is 4.64. The van der Waals surface area contributed by atoms with Crippen molar-refractivity contribution in [1.82, 2.24) is 20.1 Å². The summed E-state index contributed by atoms with van der Waals surface area (Å²) in [5.41, 5.74) is 8.19. The normalized spacial score (nSPS) is 17.8. The molecule has 1 aliphatic rings. The van der Waals surface area contributed by atoms with E-state index in [1.807, 2.05) is 45.1 Å². The molecule has 1 amide bonds. The van der Waals surface area contributed by atoms with Crippen molar-refractivity contribution in [2.45, 2.75) is 46.1 Å². The van der Waals surface area contributed by atoms with Gasteiger partial charge < -0.3 is 31.2 Å². The van der Waals surface area contributed by atoms with Crippen LogP contribution in [-0.2, 0) is 4.74 Å².